The van der Waals surface area contributed by atoms with Crippen LogP contribution in [0.15, 0.2) is 210 Å². The van der Waals surface area contributed by atoms with E-state index in [0.717, 1.165) is 38.5 Å². The van der Waals surface area contributed by atoms with Gasteiger partial charge in [-0.1, -0.05) is 154 Å². The maximum atomic E-state index is 5.07. The number of fused-ring (bicyclic) bond motifs is 9. The summed E-state index contributed by atoms with van der Waals surface area (Å²) in [5.74, 6) is 0.960. The molecule has 6 heteroatoms. The van der Waals surface area contributed by atoms with Gasteiger partial charge in [0.25, 0.3) is 0 Å². The molecule has 59 heavy (non-hydrogen) atoms. The Kier molecular flexibility index (Phi) is 10.2. The van der Waals surface area contributed by atoms with E-state index in [9.17, 15) is 0 Å². The quantitative estimate of drug-likeness (QED) is 0.0917. The van der Waals surface area contributed by atoms with E-state index in [2.05, 4.69) is 155 Å². The van der Waals surface area contributed by atoms with Crippen molar-refractivity contribution in [2.75, 3.05) is 0 Å². The van der Waals surface area contributed by atoms with Crippen LogP contribution in [0.5, 0.6) is 0 Å². The average molecular weight is 780 g/mol. The second-order valence-corrected chi connectivity index (χ2v) is 14.8. The lowest BCUT2D eigenvalue weighted by molar-refractivity contribution is 1.20. The van der Waals surface area contributed by atoms with Crippen LogP contribution in [0.4, 0.5) is 0 Å². The number of hydrogen-bond donors (Lipinski definition) is 0. The Morgan fingerprint density at radius 1 is 0.593 bits per heavy atom. The fourth-order valence-electron chi connectivity index (χ4n) is 8.10. The Morgan fingerprint density at radius 2 is 1.27 bits per heavy atom. The third-order valence-corrected chi connectivity index (χ3v) is 11.7. The molecule has 0 aliphatic rings. The second-order valence-electron chi connectivity index (χ2n) is 13.7. The summed E-state index contributed by atoms with van der Waals surface area (Å²) in [6.07, 6.45) is 9.10. The first-order valence-electron chi connectivity index (χ1n) is 19.8. The lowest BCUT2D eigenvalue weighted by atomic mass is 9.98. The molecule has 0 saturated carbocycles. The summed E-state index contributed by atoms with van der Waals surface area (Å²) in [5, 5.41) is 7.23. The Morgan fingerprint density at radius 3 is 2.08 bits per heavy atom. The zero-order valence-corrected chi connectivity index (χ0v) is 33.8. The smallest absolute Gasteiger partial charge is 0.236 e. The minimum absolute atomic E-state index is 0.474. The van der Waals surface area contributed by atoms with Crippen molar-refractivity contribution in [2.24, 2.45) is 15.0 Å². The van der Waals surface area contributed by atoms with Crippen molar-refractivity contribution in [3.8, 4) is 16.8 Å². The number of aliphatic imine (C=N–C) groups is 3. The van der Waals surface area contributed by atoms with Gasteiger partial charge >= 0.3 is 0 Å². The number of thiophene rings is 1. The van der Waals surface area contributed by atoms with E-state index in [1.807, 2.05) is 73.7 Å². The SMILES string of the molecule is C=C\C=C/C=C\N=C(\N=C(/N=C)c1ccccc1)n1c2ccccc2c2c(-c3ccc4c(c3)c3ccccc3n4-c3cccc4c3sc3ccccc34)cccc21.CC. The Hall–Kier alpha value is -7.41. The Bertz CT molecular complexity index is 3330. The van der Waals surface area contributed by atoms with Crippen molar-refractivity contribution in [3.05, 3.63) is 200 Å². The summed E-state index contributed by atoms with van der Waals surface area (Å²) >= 11 is 1.86. The molecule has 0 atom stereocenters. The topological polar surface area (TPSA) is 46.9 Å². The van der Waals surface area contributed by atoms with Gasteiger partial charge in [-0.15, -0.1) is 11.3 Å². The van der Waals surface area contributed by atoms with Crippen LogP contribution in [0.1, 0.15) is 19.4 Å². The van der Waals surface area contributed by atoms with Crippen molar-refractivity contribution in [3.63, 3.8) is 0 Å². The minimum atomic E-state index is 0.474. The molecule has 0 amide bonds. The molecule has 3 aromatic heterocycles. The second kappa shape index (κ2) is 16.2. The van der Waals surface area contributed by atoms with E-state index in [1.165, 1.54) is 47.7 Å². The zero-order valence-electron chi connectivity index (χ0n) is 33.0. The van der Waals surface area contributed by atoms with Crippen LogP contribution in [0.2, 0.25) is 0 Å². The molecule has 0 bridgehead atoms. The number of rotatable bonds is 6. The molecule has 3 heterocycles. The van der Waals surface area contributed by atoms with Gasteiger partial charge in [-0.25, -0.2) is 9.98 Å². The molecule has 7 aromatic carbocycles. The molecule has 0 fully saturated rings. The molecule has 0 radical (unpaired) electrons. The van der Waals surface area contributed by atoms with E-state index in [4.69, 9.17) is 9.98 Å². The number of amidine groups is 1. The third-order valence-electron chi connectivity index (χ3n) is 10.5. The van der Waals surface area contributed by atoms with Crippen molar-refractivity contribution in [2.45, 2.75) is 13.8 Å². The molecule has 0 aliphatic carbocycles. The zero-order chi connectivity index (χ0) is 40.3. The van der Waals surface area contributed by atoms with Crippen LogP contribution in [-0.4, -0.2) is 27.6 Å². The fraction of sp³-hybridized carbons (Fsp3) is 0.0377. The molecular formula is C53H41N5S. The molecule has 5 nitrogen and oxygen atoms in total. The average Bonchev–Trinajstić information content (AvgIpc) is 3.96. The summed E-state index contributed by atoms with van der Waals surface area (Å²) in [4.78, 5) is 14.4. The highest BCUT2D eigenvalue weighted by atomic mass is 32.1. The van der Waals surface area contributed by atoms with Crippen LogP contribution in [0.3, 0.4) is 0 Å². The number of hydrogen-bond acceptors (Lipinski definition) is 2. The van der Waals surface area contributed by atoms with Crippen LogP contribution < -0.4 is 0 Å². The van der Waals surface area contributed by atoms with Gasteiger partial charge in [-0.2, -0.15) is 4.99 Å². The minimum Gasteiger partial charge on any atom is -0.308 e. The predicted molar refractivity (Wildman–Crippen MR) is 257 cm³/mol. The van der Waals surface area contributed by atoms with Crippen molar-refractivity contribution in [1.82, 2.24) is 9.13 Å². The highest BCUT2D eigenvalue weighted by Gasteiger charge is 2.21. The molecule has 0 spiro atoms. The summed E-state index contributed by atoms with van der Waals surface area (Å²) in [5.41, 5.74) is 8.65. The van der Waals surface area contributed by atoms with E-state index in [-0.39, 0.29) is 0 Å². The Balaban J connectivity index is 0.00000221. The van der Waals surface area contributed by atoms with E-state index >= 15 is 0 Å². The van der Waals surface area contributed by atoms with Gasteiger partial charge in [0.15, 0.2) is 5.84 Å². The molecule has 10 aromatic rings. The molecule has 0 aliphatic heterocycles. The van der Waals surface area contributed by atoms with Crippen molar-refractivity contribution < 1.29 is 0 Å². The normalized spacial score (nSPS) is 12.4. The third kappa shape index (κ3) is 6.50. The maximum absolute atomic E-state index is 5.07. The van der Waals surface area contributed by atoms with Gasteiger partial charge < -0.3 is 4.57 Å². The molecule has 0 unspecified atom stereocenters. The largest absolute Gasteiger partial charge is 0.308 e. The monoisotopic (exact) mass is 779 g/mol. The standard InChI is InChI=1S/C51H35N5S.C2H6/c1-3-4-5-15-32-53-51(54-50(52-2)34-18-7-6-8-19-34)56-43-26-13-10-22-40(43)48-36(23-16-27-45(48)56)35-30-31-44-41(33-35)37-20-9-12-25-42(37)55(44)46-28-17-24-39-38-21-11-14-29-47(38)57-49(39)46;1-2/h3-33H,1-2H2;1-2H3/b5-4-,32-15-,53-51-,54-50-;. The van der Waals surface area contributed by atoms with Crippen LogP contribution in [-0.2, 0) is 0 Å². The fourth-order valence-corrected chi connectivity index (χ4v) is 9.30. The lowest BCUT2D eigenvalue weighted by Gasteiger charge is -2.11. The van der Waals surface area contributed by atoms with Crippen molar-refractivity contribution in [1.29, 1.82) is 0 Å². The van der Waals surface area contributed by atoms with E-state index in [1.54, 1.807) is 12.3 Å². The number of benzene rings is 7. The first-order valence-corrected chi connectivity index (χ1v) is 20.6. The lowest BCUT2D eigenvalue weighted by Crippen LogP contribution is -2.12. The van der Waals surface area contributed by atoms with Crippen molar-refractivity contribution >= 4 is 93.6 Å². The van der Waals surface area contributed by atoms with Crippen LogP contribution >= 0.6 is 11.3 Å². The molecular weight excluding hydrogens is 739 g/mol. The highest BCUT2D eigenvalue weighted by Crippen LogP contribution is 2.43. The first kappa shape index (κ1) is 37.2. The molecule has 0 saturated heterocycles. The van der Waals surface area contributed by atoms with Gasteiger partial charge in [0.05, 0.1) is 32.5 Å². The van der Waals surface area contributed by atoms with Gasteiger partial charge in [-0.05, 0) is 66.4 Å². The molecule has 284 valence electrons. The van der Waals surface area contributed by atoms with Gasteiger partial charge in [0.2, 0.25) is 5.96 Å². The first-order chi connectivity index (χ1) is 29.2. The number of para-hydroxylation sites is 2. The number of allylic oxidation sites excluding steroid dienone is 4. The maximum Gasteiger partial charge on any atom is 0.236 e. The van der Waals surface area contributed by atoms with E-state index < -0.39 is 0 Å². The summed E-state index contributed by atoms with van der Waals surface area (Å²) in [6, 6.07) is 55.9. The summed E-state index contributed by atoms with van der Waals surface area (Å²) < 4.78 is 7.15. The van der Waals surface area contributed by atoms with Gasteiger partial charge in [0, 0.05) is 48.8 Å². The van der Waals surface area contributed by atoms with Crippen LogP contribution in [0.25, 0.3) is 80.6 Å². The Labute approximate surface area is 347 Å². The van der Waals surface area contributed by atoms with E-state index in [0.29, 0.717) is 11.8 Å². The molecule has 0 N–H and O–H groups in total. The summed E-state index contributed by atoms with van der Waals surface area (Å²) in [7, 11) is 0. The predicted octanol–water partition coefficient (Wildman–Crippen LogP) is 14.6. The number of nitrogens with zero attached hydrogens (tertiary/aromatic N) is 5. The summed E-state index contributed by atoms with van der Waals surface area (Å²) in [6.45, 7) is 11.7. The number of aromatic nitrogens is 2. The van der Waals surface area contributed by atoms with Gasteiger partial charge in [-0.3, -0.25) is 4.57 Å². The van der Waals surface area contributed by atoms with Crippen LogP contribution in [0, 0.1) is 0 Å². The molecule has 10 rings (SSSR count). The highest BCUT2D eigenvalue weighted by molar-refractivity contribution is 7.26. The van der Waals surface area contributed by atoms with Gasteiger partial charge in [0.1, 0.15) is 0 Å².